The van der Waals surface area contributed by atoms with Crippen LogP contribution in [0.4, 0.5) is 0 Å². The number of halogens is 1. The van der Waals surface area contributed by atoms with Crippen LogP contribution in [0.5, 0.6) is 5.75 Å². The van der Waals surface area contributed by atoms with E-state index in [2.05, 4.69) is 43.9 Å². The highest BCUT2D eigenvalue weighted by atomic mass is 35.5. The fraction of sp³-hybridized carbons (Fsp3) is 0.263. The number of aromatic nitrogens is 5. The third-order valence-corrected chi connectivity index (χ3v) is 10.8. The van der Waals surface area contributed by atoms with E-state index in [0.29, 0.717) is 31.1 Å². The minimum atomic E-state index is -1.03. The Balaban J connectivity index is 0.916. The first-order valence-electron chi connectivity index (χ1n) is 17.0. The number of unbranched alkanes of at least 4 members (excludes halogenated alkanes) is 1. The third kappa shape index (κ3) is 6.32. The van der Waals surface area contributed by atoms with Gasteiger partial charge in [-0.1, -0.05) is 41.6 Å². The quantitative estimate of drug-likeness (QED) is 0.135. The zero-order valence-corrected chi connectivity index (χ0v) is 30.3. The second-order valence-corrected chi connectivity index (χ2v) is 14.3. The molecule has 53 heavy (non-hydrogen) atoms. The van der Waals surface area contributed by atoms with Crippen molar-refractivity contribution in [3.05, 3.63) is 110 Å². The standard InChI is InChI=1S/C38H31ClN8O5S/c1-21-29(53-38-32(21)34(24-9-11-25(39)12-10-24)40-19-30-44-43-22(2)46(30)38)14-8-23-18-41-45(20-23)16-3-4-17-52-28-7-5-6-26-33(28)37(51)47(36(26)50)27-13-15-31(48)42-35(27)49/h5-7,9-12,18,20,27H,3-4,13,15-17,19H2,1-2H3,(H,42,48,49). The van der Waals surface area contributed by atoms with Crippen LogP contribution in [0.2, 0.25) is 5.02 Å². The van der Waals surface area contributed by atoms with Crippen LogP contribution in [0.15, 0.2) is 59.9 Å². The van der Waals surface area contributed by atoms with Crippen LogP contribution in [-0.2, 0) is 22.7 Å². The number of ether oxygens (including phenoxy) is 1. The Bertz CT molecular complexity index is 2430. The number of aryl methyl sites for hydroxylation is 2. The number of imide groups is 2. The molecule has 3 aromatic heterocycles. The Kier molecular flexibility index (Phi) is 8.97. The molecule has 266 valence electrons. The fourth-order valence-electron chi connectivity index (χ4n) is 6.74. The first-order chi connectivity index (χ1) is 25.7. The van der Waals surface area contributed by atoms with Crippen LogP contribution < -0.4 is 10.1 Å². The number of hydrogen-bond donors (Lipinski definition) is 1. The minimum Gasteiger partial charge on any atom is -0.493 e. The largest absolute Gasteiger partial charge is 0.493 e. The highest BCUT2D eigenvalue weighted by Crippen LogP contribution is 2.37. The predicted molar refractivity (Wildman–Crippen MR) is 196 cm³/mol. The Morgan fingerprint density at radius 2 is 1.83 bits per heavy atom. The Labute approximate surface area is 312 Å². The number of carbonyl (C=O) groups is 4. The first kappa shape index (κ1) is 34.2. The molecule has 1 atom stereocenters. The number of amides is 4. The maximum absolute atomic E-state index is 13.3. The van der Waals surface area contributed by atoms with Gasteiger partial charge >= 0.3 is 0 Å². The van der Waals surface area contributed by atoms with Crippen molar-refractivity contribution in [2.24, 2.45) is 4.99 Å². The number of aliphatic imine (C=N–C) groups is 1. The van der Waals surface area contributed by atoms with Gasteiger partial charge in [-0.15, -0.1) is 21.5 Å². The van der Waals surface area contributed by atoms with Crippen molar-refractivity contribution in [2.75, 3.05) is 6.61 Å². The summed E-state index contributed by atoms with van der Waals surface area (Å²) >= 11 is 7.78. The van der Waals surface area contributed by atoms with Crippen molar-refractivity contribution in [3.63, 3.8) is 0 Å². The summed E-state index contributed by atoms with van der Waals surface area (Å²) in [7, 11) is 0. The number of piperidine rings is 1. The van der Waals surface area contributed by atoms with Crippen molar-refractivity contribution in [2.45, 2.75) is 58.7 Å². The molecule has 1 unspecified atom stereocenters. The lowest BCUT2D eigenvalue weighted by molar-refractivity contribution is -0.136. The molecular weight excluding hydrogens is 716 g/mol. The lowest BCUT2D eigenvalue weighted by Crippen LogP contribution is -2.54. The summed E-state index contributed by atoms with van der Waals surface area (Å²) in [5.74, 6) is 6.26. The molecule has 2 aromatic carbocycles. The van der Waals surface area contributed by atoms with Gasteiger partial charge in [0.15, 0.2) is 5.82 Å². The van der Waals surface area contributed by atoms with Gasteiger partial charge in [-0.05, 0) is 62.9 Å². The summed E-state index contributed by atoms with van der Waals surface area (Å²) in [6, 6.07) is 11.5. The van der Waals surface area contributed by atoms with Crippen molar-refractivity contribution >= 4 is 52.3 Å². The van der Waals surface area contributed by atoms with Crippen molar-refractivity contribution in [1.82, 2.24) is 34.8 Å². The minimum absolute atomic E-state index is 0.0568. The van der Waals surface area contributed by atoms with Crippen LogP contribution in [0.1, 0.15) is 85.2 Å². The molecule has 1 saturated heterocycles. The van der Waals surface area contributed by atoms with E-state index in [-0.39, 0.29) is 29.7 Å². The van der Waals surface area contributed by atoms with Crippen LogP contribution in [-0.4, -0.2) is 71.4 Å². The topological polar surface area (TPSA) is 154 Å². The molecule has 15 heteroatoms. The smallest absolute Gasteiger partial charge is 0.266 e. The van der Waals surface area contributed by atoms with E-state index in [1.807, 2.05) is 42.1 Å². The molecule has 4 amide bonds. The number of thiophene rings is 1. The molecule has 1 N–H and O–H groups in total. The third-order valence-electron chi connectivity index (χ3n) is 9.38. The van der Waals surface area contributed by atoms with Crippen LogP contribution in [0.25, 0.3) is 5.00 Å². The van der Waals surface area contributed by atoms with E-state index in [1.165, 1.54) is 0 Å². The van der Waals surface area contributed by atoms with Gasteiger partial charge in [-0.25, -0.2) is 0 Å². The summed E-state index contributed by atoms with van der Waals surface area (Å²) in [6.07, 6.45) is 5.19. The number of fused-ring (bicyclic) bond motifs is 4. The van der Waals surface area contributed by atoms with Gasteiger partial charge in [-0.2, -0.15) is 5.10 Å². The molecule has 0 bridgehead atoms. The Morgan fingerprint density at radius 1 is 1.00 bits per heavy atom. The van der Waals surface area contributed by atoms with E-state index in [4.69, 9.17) is 21.3 Å². The maximum atomic E-state index is 13.3. The predicted octanol–water partition coefficient (Wildman–Crippen LogP) is 4.81. The number of nitrogens with zero attached hydrogens (tertiary/aromatic N) is 7. The monoisotopic (exact) mass is 746 g/mol. The number of nitrogens with one attached hydrogen (secondary N) is 1. The number of hydrogen-bond acceptors (Lipinski definition) is 10. The van der Waals surface area contributed by atoms with E-state index in [0.717, 1.165) is 60.8 Å². The molecule has 0 spiro atoms. The number of benzene rings is 2. The summed E-state index contributed by atoms with van der Waals surface area (Å²) in [5, 5.41) is 17.0. The average Bonchev–Trinajstić information content (AvgIpc) is 3.87. The molecule has 3 aliphatic heterocycles. The lowest BCUT2D eigenvalue weighted by atomic mass is 10.00. The molecule has 0 saturated carbocycles. The summed E-state index contributed by atoms with van der Waals surface area (Å²) in [6.45, 7) is 5.34. The molecular formula is C38H31ClN8O5S. The Hall–Kier alpha value is -5.91. The maximum Gasteiger partial charge on any atom is 0.266 e. The summed E-state index contributed by atoms with van der Waals surface area (Å²) in [5.41, 5.74) is 4.96. The van der Waals surface area contributed by atoms with Gasteiger partial charge in [0.25, 0.3) is 11.8 Å². The normalized spacial score (nSPS) is 16.3. The van der Waals surface area contributed by atoms with E-state index in [9.17, 15) is 19.2 Å². The first-order valence-corrected chi connectivity index (χ1v) is 18.2. The van der Waals surface area contributed by atoms with E-state index >= 15 is 0 Å². The molecule has 1 fully saturated rings. The summed E-state index contributed by atoms with van der Waals surface area (Å²) < 4.78 is 9.86. The SMILES string of the molecule is Cc1c(C#Cc2cnn(CCCCOc3cccc4c3C(=O)N(C3CCC(=O)NC3=O)C4=O)c2)sc2c1C(c1ccc(Cl)cc1)=NCc1nnc(C)n1-2. The van der Waals surface area contributed by atoms with Gasteiger partial charge in [0.2, 0.25) is 11.8 Å². The molecule has 0 aliphatic carbocycles. The second kappa shape index (κ2) is 13.9. The van der Waals surface area contributed by atoms with Gasteiger partial charge in [0, 0.05) is 35.3 Å². The van der Waals surface area contributed by atoms with Gasteiger partial charge in [0.05, 0.1) is 40.1 Å². The summed E-state index contributed by atoms with van der Waals surface area (Å²) in [4.78, 5) is 57.2. The molecule has 0 radical (unpaired) electrons. The molecule has 5 aromatic rings. The Morgan fingerprint density at radius 3 is 2.64 bits per heavy atom. The second-order valence-electron chi connectivity index (χ2n) is 12.8. The molecule has 3 aliphatic rings. The molecule has 13 nitrogen and oxygen atoms in total. The van der Waals surface area contributed by atoms with Crippen LogP contribution in [0, 0.1) is 25.7 Å². The van der Waals surface area contributed by atoms with Gasteiger partial charge in [0.1, 0.15) is 29.2 Å². The highest BCUT2D eigenvalue weighted by molar-refractivity contribution is 7.15. The van der Waals surface area contributed by atoms with Crippen molar-refractivity contribution < 1.29 is 23.9 Å². The molecule has 6 heterocycles. The molecule has 8 rings (SSSR count). The average molecular weight is 747 g/mol. The van der Waals surface area contributed by atoms with E-state index < -0.39 is 29.7 Å². The van der Waals surface area contributed by atoms with E-state index in [1.54, 1.807) is 35.7 Å². The zero-order chi connectivity index (χ0) is 36.8. The fourth-order valence-corrected chi connectivity index (χ4v) is 8.10. The van der Waals surface area contributed by atoms with Gasteiger partial charge < -0.3 is 4.74 Å². The van der Waals surface area contributed by atoms with Crippen LogP contribution in [0.3, 0.4) is 0 Å². The van der Waals surface area contributed by atoms with Crippen LogP contribution >= 0.6 is 22.9 Å². The number of carbonyl (C=O) groups excluding carboxylic acids is 4. The van der Waals surface area contributed by atoms with Crippen molar-refractivity contribution in [1.29, 1.82) is 0 Å². The zero-order valence-electron chi connectivity index (χ0n) is 28.7. The number of rotatable bonds is 8. The lowest BCUT2D eigenvalue weighted by Gasteiger charge is -2.27. The van der Waals surface area contributed by atoms with Gasteiger partial charge in [-0.3, -0.25) is 43.6 Å². The van der Waals surface area contributed by atoms with Crippen molar-refractivity contribution in [3.8, 4) is 22.6 Å². The highest BCUT2D eigenvalue weighted by Gasteiger charge is 2.46.